The maximum absolute atomic E-state index is 10.4. The van der Waals surface area contributed by atoms with Gasteiger partial charge in [0.1, 0.15) is 5.10 Å². The zero-order valence-electron chi connectivity index (χ0n) is 8.50. The van der Waals surface area contributed by atoms with Crippen molar-refractivity contribution in [2.45, 2.75) is 6.54 Å². The smallest absolute Gasteiger partial charge is 0.273 e. The number of thioether (sulfide) groups is 1. The Bertz CT molecular complexity index is 451. The molecule has 1 aliphatic rings. The number of nitro groups is 1. The number of halogens is 1. The number of hydrazone groups is 1. The summed E-state index contributed by atoms with van der Waals surface area (Å²) in [5, 5.41) is 15.9. The minimum Gasteiger partial charge on any atom is -0.342 e. The van der Waals surface area contributed by atoms with Gasteiger partial charge in [0.15, 0.2) is 9.50 Å². The zero-order chi connectivity index (χ0) is 12.3. The van der Waals surface area contributed by atoms with Gasteiger partial charge in [0.2, 0.25) is 0 Å². The third-order valence-corrected chi connectivity index (χ3v) is 3.87. The van der Waals surface area contributed by atoms with Crippen molar-refractivity contribution < 1.29 is 5.03 Å². The predicted molar refractivity (Wildman–Crippen MR) is 67.6 cm³/mol. The van der Waals surface area contributed by atoms with Gasteiger partial charge in [-0.25, -0.2) is 15.1 Å². The van der Waals surface area contributed by atoms with E-state index in [1.54, 1.807) is 22.9 Å². The molecule has 1 N–H and O–H groups in total. The van der Waals surface area contributed by atoms with E-state index >= 15 is 0 Å². The van der Waals surface area contributed by atoms with E-state index in [0.29, 0.717) is 22.8 Å². The van der Waals surface area contributed by atoms with Crippen LogP contribution in [0.25, 0.3) is 0 Å². The Balaban J connectivity index is 2.09. The van der Waals surface area contributed by atoms with Crippen molar-refractivity contribution in [3.05, 3.63) is 25.7 Å². The molecule has 0 spiro atoms. The monoisotopic (exact) mass is 293 g/mol. The van der Waals surface area contributed by atoms with Gasteiger partial charge in [-0.15, -0.1) is 23.1 Å². The van der Waals surface area contributed by atoms with Crippen LogP contribution in [0.1, 0.15) is 4.88 Å². The normalized spacial score (nSPS) is 18.2. The van der Waals surface area contributed by atoms with Crippen LogP contribution in [0.3, 0.4) is 0 Å². The van der Waals surface area contributed by atoms with Crippen LogP contribution in [-0.4, -0.2) is 32.6 Å². The van der Waals surface area contributed by atoms with Crippen LogP contribution < -0.4 is 5.32 Å². The van der Waals surface area contributed by atoms with Crippen LogP contribution in [0.4, 0.5) is 0 Å². The molecule has 0 aromatic carbocycles. The van der Waals surface area contributed by atoms with Crippen molar-refractivity contribution in [2.24, 2.45) is 5.10 Å². The van der Waals surface area contributed by atoms with Crippen molar-refractivity contribution in [1.29, 1.82) is 0 Å². The van der Waals surface area contributed by atoms with E-state index in [0.717, 1.165) is 4.88 Å². The molecule has 10 heteroatoms. The van der Waals surface area contributed by atoms with Gasteiger partial charge in [-0.3, -0.25) is 0 Å². The molecule has 0 unspecified atom stereocenters. The van der Waals surface area contributed by atoms with Crippen LogP contribution in [-0.2, 0) is 6.54 Å². The lowest BCUT2D eigenvalue weighted by Crippen LogP contribution is -2.45. The van der Waals surface area contributed by atoms with Gasteiger partial charge in [-0.05, 0) is 0 Å². The number of thiazole rings is 1. The topological polar surface area (TPSA) is 83.7 Å². The van der Waals surface area contributed by atoms with E-state index in [1.807, 2.05) is 0 Å². The second-order valence-corrected chi connectivity index (χ2v) is 5.75. The summed E-state index contributed by atoms with van der Waals surface area (Å²) in [6.07, 6.45) is 1.66. The van der Waals surface area contributed by atoms with Crippen LogP contribution in [0.2, 0.25) is 4.47 Å². The molecule has 0 bridgehead atoms. The van der Waals surface area contributed by atoms with Gasteiger partial charge in [-0.2, -0.15) is 0 Å². The van der Waals surface area contributed by atoms with E-state index in [9.17, 15) is 10.1 Å². The SMILES string of the molecule is O=[N+]([O-])/N=C1/NCSCN1Cc1cnc(Cl)s1. The van der Waals surface area contributed by atoms with E-state index in [2.05, 4.69) is 15.4 Å². The standard InChI is InChI=1S/C7H8ClN5O2S2/c8-6-9-1-5(17-6)2-12-4-16-3-10-7(12)11-13(14)15/h1H,2-4H2,(H,10,11). The van der Waals surface area contributed by atoms with Gasteiger partial charge in [-0.1, -0.05) is 11.6 Å². The molecule has 2 rings (SSSR count). The predicted octanol–water partition coefficient (Wildman–Crippen LogP) is 1.40. The third kappa shape index (κ3) is 3.45. The maximum atomic E-state index is 10.4. The maximum Gasteiger partial charge on any atom is 0.273 e. The molecule has 17 heavy (non-hydrogen) atoms. The largest absolute Gasteiger partial charge is 0.342 e. The molecule has 0 saturated carbocycles. The number of nitrogens with one attached hydrogen (secondary N) is 1. The number of guanidine groups is 1. The van der Waals surface area contributed by atoms with E-state index in [4.69, 9.17) is 11.6 Å². The Hall–Kier alpha value is -1.06. The average molecular weight is 294 g/mol. The summed E-state index contributed by atoms with van der Waals surface area (Å²) < 4.78 is 0.463. The first-order chi connectivity index (χ1) is 8.15. The molecular weight excluding hydrogens is 286 g/mol. The molecule has 0 atom stereocenters. The second-order valence-electron chi connectivity index (χ2n) is 3.09. The number of aromatic nitrogens is 1. The Labute approximate surface area is 110 Å². The molecular formula is C7H8ClN5O2S2. The highest BCUT2D eigenvalue weighted by atomic mass is 35.5. The van der Waals surface area contributed by atoms with E-state index in [-0.39, 0.29) is 5.96 Å². The fourth-order valence-corrected chi connectivity index (χ4v) is 3.04. The lowest BCUT2D eigenvalue weighted by molar-refractivity contribution is -0.486. The first-order valence-electron chi connectivity index (χ1n) is 4.55. The summed E-state index contributed by atoms with van der Waals surface area (Å²) in [4.78, 5) is 17.0. The molecule has 0 amide bonds. The first-order valence-corrected chi connectivity index (χ1v) is 6.90. The van der Waals surface area contributed by atoms with Crippen molar-refractivity contribution >= 4 is 40.7 Å². The van der Waals surface area contributed by atoms with E-state index in [1.165, 1.54) is 11.3 Å². The highest BCUT2D eigenvalue weighted by Gasteiger charge is 2.20. The van der Waals surface area contributed by atoms with Crippen molar-refractivity contribution in [3.63, 3.8) is 0 Å². The fourth-order valence-electron chi connectivity index (χ4n) is 1.29. The van der Waals surface area contributed by atoms with Crippen molar-refractivity contribution in [1.82, 2.24) is 15.2 Å². The Kier molecular flexibility index (Phi) is 4.02. The second kappa shape index (κ2) is 5.52. The van der Waals surface area contributed by atoms with Crippen LogP contribution in [0.15, 0.2) is 11.3 Å². The lowest BCUT2D eigenvalue weighted by atomic mass is 10.5. The molecule has 1 fully saturated rings. The number of hydrogen-bond acceptors (Lipinski definition) is 5. The number of rotatable bonds is 3. The number of nitrogens with zero attached hydrogens (tertiary/aromatic N) is 4. The molecule has 0 radical (unpaired) electrons. The highest BCUT2D eigenvalue weighted by molar-refractivity contribution is 7.99. The lowest BCUT2D eigenvalue weighted by Gasteiger charge is -2.27. The Morgan fingerprint density at radius 3 is 3.24 bits per heavy atom. The van der Waals surface area contributed by atoms with Crippen molar-refractivity contribution in [2.75, 3.05) is 11.8 Å². The molecule has 2 heterocycles. The van der Waals surface area contributed by atoms with Crippen LogP contribution in [0.5, 0.6) is 0 Å². The van der Waals surface area contributed by atoms with Gasteiger partial charge >= 0.3 is 0 Å². The molecule has 1 saturated heterocycles. The summed E-state index contributed by atoms with van der Waals surface area (Å²) in [5.41, 5.74) is 0. The summed E-state index contributed by atoms with van der Waals surface area (Å²) >= 11 is 8.70. The summed E-state index contributed by atoms with van der Waals surface area (Å²) in [7, 11) is 0. The minimum atomic E-state index is -0.703. The third-order valence-electron chi connectivity index (χ3n) is 1.93. The van der Waals surface area contributed by atoms with Crippen LogP contribution in [0, 0.1) is 10.1 Å². The molecule has 1 aromatic heterocycles. The molecule has 1 aromatic rings. The zero-order valence-corrected chi connectivity index (χ0v) is 10.9. The van der Waals surface area contributed by atoms with Crippen molar-refractivity contribution in [3.8, 4) is 0 Å². The summed E-state index contributed by atoms with van der Waals surface area (Å²) in [6.45, 7) is 0.511. The Morgan fingerprint density at radius 1 is 1.76 bits per heavy atom. The molecule has 7 nitrogen and oxygen atoms in total. The number of hydrogen-bond donors (Lipinski definition) is 1. The van der Waals surface area contributed by atoms with Gasteiger partial charge in [0, 0.05) is 11.1 Å². The minimum absolute atomic E-state index is 0.276. The quantitative estimate of drug-likeness (QED) is 0.670. The van der Waals surface area contributed by atoms with Crippen LogP contribution >= 0.6 is 34.7 Å². The molecule has 0 aliphatic carbocycles. The van der Waals surface area contributed by atoms with E-state index < -0.39 is 5.03 Å². The van der Waals surface area contributed by atoms with Gasteiger partial charge in [0.05, 0.1) is 18.3 Å². The average Bonchev–Trinajstić information content (AvgIpc) is 2.66. The highest BCUT2D eigenvalue weighted by Crippen LogP contribution is 2.21. The van der Waals surface area contributed by atoms with Gasteiger partial charge in [0.25, 0.3) is 5.96 Å². The van der Waals surface area contributed by atoms with Gasteiger partial charge < -0.3 is 10.2 Å². The fraction of sp³-hybridized carbons (Fsp3) is 0.429. The molecule has 92 valence electrons. The summed E-state index contributed by atoms with van der Waals surface area (Å²) in [5.74, 6) is 1.54. The summed E-state index contributed by atoms with van der Waals surface area (Å²) in [6, 6.07) is 0. The Morgan fingerprint density at radius 2 is 2.59 bits per heavy atom. The first kappa shape index (κ1) is 12.4. The molecule has 1 aliphatic heterocycles.